The van der Waals surface area contributed by atoms with Crippen LogP contribution < -0.4 is 10.6 Å². The summed E-state index contributed by atoms with van der Waals surface area (Å²) in [5, 5.41) is 6.51. The lowest BCUT2D eigenvalue weighted by atomic mass is 9.85. The first kappa shape index (κ1) is 15.7. The molecule has 1 amide bonds. The molecule has 1 aliphatic carbocycles. The first-order valence-electron chi connectivity index (χ1n) is 8.07. The maximum Gasteiger partial charge on any atom is 0.241 e. The second kappa shape index (κ2) is 6.92. The minimum atomic E-state index is -0.870. The average Bonchev–Trinajstić information content (AvgIpc) is 2.91. The van der Waals surface area contributed by atoms with E-state index in [-0.39, 0.29) is 11.9 Å². The third-order valence-electron chi connectivity index (χ3n) is 4.74. The SMILES string of the molecule is CS(=O)Cc1cccc(NC(=O)C2CC3CCCCC3N2)c1. The van der Waals surface area contributed by atoms with Crippen LogP contribution in [0, 0.1) is 5.92 Å². The molecule has 2 aliphatic rings. The molecule has 2 N–H and O–H groups in total. The highest BCUT2D eigenvalue weighted by Crippen LogP contribution is 2.33. The molecule has 0 aromatic heterocycles. The van der Waals surface area contributed by atoms with Crippen molar-refractivity contribution in [2.75, 3.05) is 11.6 Å². The lowest BCUT2D eigenvalue weighted by Gasteiger charge is -2.24. The largest absolute Gasteiger partial charge is 0.325 e. The fourth-order valence-corrected chi connectivity index (χ4v) is 4.37. The zero-order valence-corrected chi connectivity index (χ0v) is 13.8. The number of anilines is 1. The fourth-order valence-electron chi connectivity index (χ4n) is 3.72. The summed E-state index contributed by atoms with van der Waals surface area (Å²) in [6.45, 7) is 0. The van der Waals surface area contributed by atoms with Gasteiger partial charge in [-0.15, -0.1) is 0 Å². The van der Waals surface area contributed by atoms with Gasteiger partial charge in [0.15, 0.2) is 0 Å². The van der Waals surface area contributed by atoms with Crippen LogP contribution in [0.1, 0.15) is 37.7 Å². The van der Waals surface area contributed by atoms with Gasteiger partial charge in [-0.05, 0) is 42.9 Å². The molecule has 22 heavy (non-hydrogen) atoms. The van der Waals surface area contributed by atoms with Gasteiger partial charge in [0, 0.05) is 34.5 Å². The maximum absolute atomic E-state index is 12.5. The number of amides is 1. The second-order valence-electron chi connectivity index (χ2n) is 6.51. The molecule has 0 spiro atoms. The van der Waals surface area contributed by atoms with E-state index in [9.17, 15) is 9.00 Å². The first-order chi connectivity index (χ1) is 10.6. The molecular weight excluding hydrogens is 296 g/mol. The molecule has 120 valence electrons. The van der Waals surface area contributed by atoms with E-state index in [2.05, 4.69) is 10.6 Å². The Balaban J connectivity index is 1.61. The summed E-state index contributed by atoms with van der Waals surface area (Å²) in [6, 6.07) is 8.11. The molecule has 1 aliphatic heterocycles. The van der Waals surface area contributed by atoms with Crippen molar-refractivity contribution >= 4 is 22.4 Å². The van der Waals surface area contributed by atoms with Gasteiger partial charge in [-0.2, -0.15) is 0 Å². The summed E-state index contributed by atoms with van der Waals surface area (Å²) in [7, 11) is -0.870. The Bertz CT molecular complexity index is 562. The molecule has 0 radical (unpaired) electrons. The Morgan fingerprint density at radius 2 is 2.18 bits per heavy atom. The van der Waals surface area contributed by atoms with Gasteiger partial charge in [0.05, 0.1) is 6.04 Å². The molecule has 4 atom stereocenters. The summed E-state index contributed by atoms with van der Waals surface area (Å²) < 4.78 is 11.3. The van der Waals surface area contributed by atoms with Crippen LogP contribution in [-0.2, 0) is 21.3 Å². The van der Waals surface area contributed by atoms with Crippen molar-refractivity contribution in [1.29, 1.82) is 0 Å². The summed E-state index contributed by atoms with van der Waals surface area (Å²) in [4.78, 5) is 12.5. The van der Waals surface area contributed by atoms with E-state index in [0.717, 1.165) is 17.7 Å². The molecule has 1 aromatic carbocycles. The topological polar surface area (TPSA) is 58.2 Å². The minimum Gasteiger partial charge on any atom is -0.325 e. The summed E-state index contributed by atoms with van der Waals surface area (Å²) in [5.41, 5.74) is 1.79. The lowest BCUT2D eigenvalue weighted by molar-refractivity contribution is -0.117. The number of carbonyl (C=O) groups is 1. The quantitative estimate of drug-likeness (QED) is 0.896. The minimum absolute atomic E-state index is 0.0594. The first-order valence-corrected chi connectivity index (χ1v) is 9.80. The summed E-state index contributed by atoms with van der Waals surface area (Å²) in [5.74, 6) is 1.25. The Kier molecular flexibility index (Phi) is 4.93. The number of carbonyl (C=O) groups excluding carboxylic acids is 1. The average molecular weight is 320 g/mol. The van der Waals surface area contributed by atoms with Crippen LogP contribution in [0.3, 0.4) is 0 Å². The van der Waals surface area contributed by atoms with Crippen molar-refractivity contribution in [3.05, 3.63) is 29.8 Å². The van der Waals surface area contributed by atoms with Crippen molar-refractivity contribution in [3.63, 3.8) is 0 Å². The van der Waals surface area contributed by atoms with E-state index in [4.69, 9.17) is 0 Å². The van der Waals surface area contributed by atoms with Gasteiger partial charge >= 0.3 is 0 Å². The number of fused-ring (bicyclic) bond motifs is 1. The Morgan fingerprint density at radius 1 is 1.36 bits per heavy atom. The van der Waals surface area contributed by atoms with Crippen LogP contribution in [-0.4, -0.2) is 28.5 Å². The highest BCUT2D eigenvalue weighted by atomic mass is 32.2. The van der Waals surface area contributed by atoms with Gasteiger partial charge in [-0.3, -0.25) is 9.00 Å². The van der Waals surface area contributed by atoms with E-state index in [1.165, 1.54) is 25.7 Å². The van der Waals surface area contributed by atoms with Crippen molar-refractivity contribution in [3.8, 4) is 0 Å². The third-order valence-corrected chi connectivity index (χ3v) is 5.48. The van der Waals surface area contributed by atoms with Gasteiger partial charge in [0.1, 0.15) is 0 Å². The molecule has 1 heterocycles. The molecule has 4 unspecified atom stereocenters. The molecule has 4 nitrogen and oxygen atoms in total. The summed E-state index contributed by atoms with van der Waals surface area (Å²) in [6.07, 6.45) is 7.67. The van der Waals surface area contributed by atoms with Gasteiger partial charge < -0.3 is 10.6 Å². The second-order valence-corrected chi connectivity index (χ2v) is 7.95. The van der Waals surface area contributed by atoms with Crippen molar-refractivity contribution in [2.24, 2.45) is 5.92 Å². The standard InChI is InChI=1S/C17H24N2O2S/c1-22(21)11-12-5-4-7-14(9-12)18-17(20)16-10-13-6-2-3-8-15(13)19-16/h4-5,7,9,13,15-16,19H,2-3,6,8,10-11H2,1H3,(H,18,20). The summed E-state index contributed by atoms with van der Waals surface area (Å²) >= 11 is 0. The molecule has 0 bridgehead atoms. The zero-order valence-electron chi connectivity index (χ0n) is 13.0. The van der Waals surface area contributed by atoms with E-state index >= 15 is 0 Å². The van der Waals surface area contributed by atoms with Crippen molar-refractivity contribution in [1.82, 2.24) is 5.32 Å². The molecule has 1 saturated heterocycles. The maximum atomic E-state index is 12.5. The normalized spacial score (nSPS) is 28.9. The van der Waals surface area contributed by atoms with E-state index in [1.54, 1.807) is 6.26 Å². The van der Waals surface area contributed by atoms with Gasteiger partial charge in [-0.1, -0.05) is 25.0 Å². The van der Waals surface area contributed by atoms with Crippen molar-refractivity contribution in [2.45, 2.75) is 49.9 Å². The highest BCUT2D eigenvalue weighted by molar-refractivity contribution is 7.83. The number of benzene rings is 1. The van der Waals surface area contributed by atoms with Gasteiger partial charge in [0.25, 0.3) is 0 Å². The Labute approximate surface area is 134 Å². The van der Waals surface area contributed by atoms with Crippen LogP contribution in [0.2, 0.25) is 0 Å². The fraction of sp³-hybridized carbons (Fsp3) is 0.588. The van der Waals surface area contributed by atoms with Crippen LogP contribution in [0.25, 0.3) is 0 Å². The Morgan fingerprint density at radius 3 is 2.95 bits per heavy atom. The van der Waals surface area contributed by atoms with Crippen molar-refractivity contribution < 1.29 is 9.00 Å². The Hall–Kier alpha value is -1.20. The van der Waals surface area contributed by atoms with Crippen LogP contribution in [0.4, 0.5) is 5.69 Å². The molecular formula is C17H24N2O2S. The smallest absolute Gasteiger partial charge is 0.241 e. The van der Waals surface area contributed by atoms with Gasteiger partial charge in [-0.25, -0.2) is 0 Å². The number of rotatable bonds is 4. The van der Waals surface area contributed by atoms with Crippen LogP contribution >= 0.6 is 0 Å². The van der Waals surface area contributed by atoms with E-state index < -0.39 is 10.8 Å². The number of nitrogens with one attached hydrogen (secondary N) is 2. The van der Waals surface area contributed by atoms with Gasteiger partial charge in [0.2, 0.25) is 5.91 Å². The molecule has 1 aromatic rings. The zero-order chi connectivity index (χ0) is 15.5. The molecule has 1 saturated carbocycles. The number of hydrogen-bond acceptors (Lipinski definition) is 3. The molecule has 5 heteroatoms. The predicted octanol–water partition coefficient (Wildman–Crippen LogP) is 2.42. The van der Waals surface area contributed by atoms with E-state index in [0.29, 0.717) is 17.7 Å². The number of hydrogen-bond donors (Lipinski definition) is 2. The van der Waals surface area contributed by atoms with E-state index in [1.807, 2.05) is 24.3 Å². The monoisotopic (exact) mass is 320 g/mol. The third kappa shape index (κ3) is 3.76. The molecule has 3 rings (SSSR count). The van der Waals surface area contributed by atoms with Crippen LogP contribution in [0.15, 0.2) is 24.3 Å². The lowest BCUT2D eigenvalue weighted by Crippen LogP contribution is -2.39. The highest BCUT2D eigenvalue weighted by Gasteiger charge is 2.38. The predicted molar refractivity (Wildman–Crippen MR) is 90.1 cm³/mol. The molecule has 2 fully saturated rings. The van der Waals surface area contributed by atoms with Crippen LogP contribution in [0.5, 0.6) is 0 Å².